The van der Waals surface area contributed by atoms with Gasteiger partial charge in [-0.15, -0.1) is 0 Å². The van der Waals surface area contributed by atoms with Crippen molar-refractivity contribution in [3.05, 3.63) is 66.2 Å². The lowest BCUT2D eigenvalue weighted by molar-refractivity contribution is -0.146. The fourth-order valence-corrected chi connectivity index (χ4v) is 2.50. The zero-order valence-electron chi connectivity index (χ0n) is 12.4. The summed E-state index contributed by atoms with van der Waals surface area (Å²) >= 11 is 1.52. The molecule has 0 aliphatic rings. The van der Waals surface area contributed by atoms with E-state index in [1.165, 1.54) is 11.3 Å². The van der Waals surface area contributed by atoms with Gasteiger partial charge in [-0.2, -0.15) is 0 Å². The lowest BCUT2D eigenvalue weighted by Gasteiger charge is -1.97. The third kappa shape index (κ3) is 4.65. The number of anilines is 1. The SMILES string of the molecule is Nc1nc2ccccc2s1.O=C(O)C(=O)/C=C(\O)c1ccccc1. The number of aliphatic hydroxyl groups excluding tert-OH is 1. The van der Waals surface area contributed by atoms with E-state index in [0.717, 1.165) is 10.2 Å². The second kappa shape index (κ2) is 7.89. The topological polar surface area (TPSA) is 114 Å². The molecule has 0 bridgehead atoms. The Morgan fingerprint density at radius 2 is 1.62 bits per heavy atom. The first kappa shape index (κ1) is 17.2. The number of carboxylic acid groups (broad SMARTS) is 1. The van der Waals surface area contributed by atoms with Gasteiger partial charge in [0.05, 0.1) is 10.2 Å². The van der Waals surface area contributed by atoms with Gasteiger partial charge in [0.2, 0.25) is 0 Å². The highest BCUT2D eigenvalue weighted by Gasteiger charge is 2.09. The van der Waals surface area contributed by atoms with Crippen molar-refractivity contribution >= 4 is 44.2 Å². The predicted molar refractivity (Wildman–Crippen MR) is 93.7 cm³/mol. The zero-order chi connectivity index (χ0) is 17.5. The Labute approximate surface area is 141 Å². The molecule has 6 nitrogen and oxygen atoms in total. The summed E-state index contributed by atoms with van der Waals surface area (Å²) in [5, 5.41) is 18.2. The molecule has 4 N–H and O–H groups in total. The molecule has 24 heavy (non-hydrogen) atoms. The molecule has 0 saturated heterocycles. The first-order valence-electron chi connectivity index (χ1n) is 6.81. The Kier molecular flexibility index (Phi) is 5.64. The number of nitrogens with two attached hydrogens (primary N) is 1. The van der Waals surface area contributed by atoms with Gasteiger partial charge in [-0.25, -0.2) is 9.78 Å². The van der Waals surface area contributed by atoms with Crippen molar-refractivity contribution in [2.24, 2.45) is 0 Å². The summed E-state index contributed by atoms with van der Waals surface area (Å²) in [5.74, 6) is -3.09. The number of carboxylic acids is 1. The number of fused-ring (bicyclic) bond motifs is 1. The van der Waals surface area contributed by atoms with Gasteiger partial charge >= 0.3 is 5.97 Å². The fourth-order valence-electron chi connectivity index (χ4n) is 1.77. The number of nitrogen functional groups attached to an aromatic ring is 1. The summed E-state index contributed by atoms with van der Waals surface area (Å²) in [5.41, 5.74) is 6.89. The Morgan fingerprint density at radius 1 is 1.00 bits per heavy atom. The van der Waals surface area contributed by atoms with Crippen LogP contribution in [0.15, 0.2) is 60.7 Å². The molecule has 0 unspecified atom stereocenters. The van der Waals surface area contributed by atoms with Crippen LogP contribution in [0.2, 0.25) is 0 Å². The van der Waals surface area contributed by atoms with Crippen LogP contribution in [-0.2, 0) is 9.59 Å². The highest BCUT2D eigenvalue weighted by Crippen LogP contribution is 2.22. The lowest BCUT2D eigenvalue weighted by atomic mass is 10.1. The van der Waals surface area contributed by atoms with E-state index < -0.39 is 11.8 Å². The highest BCUT2D eigenvalue weighted by atomic mass is 32.1. The standard InChI is InChI=1S/C10H8O4.C7H6N2S/c11-8(6-9(12)10(13)14)7-4-2-1-3-5-7;8-7-9-5-3-1-2-4-6(5)10-7/h1-6,11H,(H,13,14);1-4H,(H2,8,9)/b8-6-;. The van der Waals surface area contributed by atoms with Gasteiger partial charge in [0.25, 0.3) is 5.78 Å². The zero-order valence-corrected chi connectivity index (χ0v) is 13.2. The van der Waals surface area contributed by atoms with E-state index in [-0.39, 0.29) is 5.76 Å². The van der Waals surface area contributed by atoms with Crippen molar-refractivity contribution in [2.45, 2.75) is 0 Å². The number of nitrogens with zero attached hydrogens (tertiary/aromatic N) is 1. The van der Waals surface area contributed by atoms with Gasteiger partial charge in [0.1, 0.15) is 5.76 Å². The molecule has 7 heteroatoms. The number of benzene rings is 2. The monoisotopic (exact) mass is 342 g/mol. The van der Waals surface area contributed by atoms with Gasteiger partial charge in [-0.1, -0.05) is 53.8 Å². The molecule has 0 aliphatic carbocycles. The van der Waals surface area contributed by atoms with Crippen LogP contribution in [0, 0.1) is 0 Å². The number of thiazole rings is 1. The van der Waals surface area contributed by atoms with Crippen LogP contribution in [0.4, 0.5) is 5.13 Å². The van der Waals surface area contributed by atoms with E-state index in [0.29, 0.717) is 16.8 Å². The number of carbonyl (C=O) groups excluding carboxylic acids is 1. The predicted octanol–water partition coefficient (Wildman–Crippen LogP) is 3.12. The normalized spacial score (nSPS) is 10.8. The molecule has 0 aliphatic heterocycles. The molecular weight excluding hydrogens is 328 g/mol. The number of aromatic nitrogens is 1. The van der Waals surface area contributed by atoms with Gasteiger partial charge < -0.3 is 15.9 Å². The number of para-hydroxylation sites is 1. The van der Waals surface area contributed by atoms with Crippen molar-refractivity contribution in [1.29, 1.82) is 0 Å². The number of carbonyl (C=O) groups is 2. The van der Waals surface area contributed by atoms with Crippen LogP contribution in [0.25, 0.3) is 16.0 Å². The Bertz CT molecular complexity index is 855. The quantitative estimate of drug-likeness (QED) is 0.383. The van der Waals surface area contributed by atoms with Crippen molar-refractivity contribution in [2.75, 3.05) is 5.73 Å². The maximum Gasteiger partial charge on any atom is 0.376 e. The minimum atomic E-state index is -1.59. The molecule has 0 amide bonds. The maximum atomic E-state index is 10.7. The highest BCUT2D eigenvalue weighted by molar-refractivity contribution is 7.22. The number of aliphatic carboxylic acids is 1. The minimum Gasteiger partial charge on any atom is -0.507 e. The van der Waals surface area contributed by atoms with E-state index in [1.54, 1.807) is 30.3 Å². The average Bonchev–Trinajstić information content (AvgIpc) is 2.96. The summed E-state index contributed by atoms with van der Waals surface area (Å²) in [7, 11) is 0. The maximum absolute atomic E-state index is 10.7. The summed E-state index contributed by atoms with van der Waals surface area (Å²) in [4.78, 5) is 25.0. The van der Waals surface area contributed by atoms with Gasteiger partial charge in [-0.3, -0.25) is 4.79 Å². The molecule has 0 spiro atoms. The van der Waals surface area contributed by atoms with Crippen LogP contribution < -0.4 is 5.73 Å². The van der Waals surface area contributed by atoms with E-state index >= 15 is 0 Å². The lowest BCUT2D eigenvalue weighted by Crippen LogP contribution is -2.09. The molecule has 0 atom stereocenters. The van der Waals surface area contributed by atoms with Gasteiger partial charge in [0, 0.05) is 11.6 Å². The van der Waals surface area contributed by atoms with E-state index in [2.05, 4.69) is 4.98 Å². The number of rotatable bonds is 3. The van der Waals surface area contributed by atoms with Crippen molar-refractivity contribution in [3.63, 3.8) is 0 Å². The van der Waals surface area contributed by atoms with Crippen LogP contribution in [-0.4, -0.2) is 26.9 Å². The molecule has 0 fully saturated rings. The molecule has 122 valence electrons. The van der Waals surface area contributed by atoms with Crippen LogP contribution in [0.1, 0.15) is 5.56 Å². The molecule has 0 radical (unpaired) electrons. The Morgan fingerprint density at radius 3 is 2.25 bits per heavy atom. The Balaban J connectivity index is 0.000000182. The van der Waals surface area contributed by atoms with Crippen LogP contribution >= 0.6 is 11.3 Å². The number of aliphatic hydroxyl groups is 1. The molecule has 3 aromatic rings. The first-order valence-corrected chi connectivity index (χ1v) is 7.63. The second-order valence-electron chi connectivity index (χ2n) is 4.58. The number of hydrogen-bond acceptors (Lipinski definition) is 6. The third-order valence-electron chi connectivity index (χ3n) is 2.86. The first-order chi connectivity index (χ1) is 11.5. The molecular formula is C17H14N2O4S. The van der Waals surface area contributed by atoms with Gasteiger partial charge in [-0.05, 0) is 12.1 Å². The van der Waals surface area contributed by atoms with Crippen LogP contribution in [0.5, 0.6) is 0 Å². The summed E-state index contributed by atoms with van der Waals surface area (Å²) < 4.78 is 1.15. The minimum absolute atomic E-state index is 0.349. The van der Waals surface area contributed by atoms with E-state index in [1.807, 2.05) is 24.3 Å². The van der Waals surface area contributed by atoms with Crippen molar-refractivity contribution < 1.29 is 19.8 Å². The summed E-state index contributed by atoms with van der Waals surface area (Å²) in [6.45, 7) is 0. The van der Waals surface area contributed by atoms with E-state index in [9.17, 15) is 14.7 Å². The molecule has 2 aromatic carbocycles. The molecule has 1 aromatic heterocycles. The molecule has 1 heterocycles. The number of ketones is 1. The number of hydrogen-bond donors (Lipinski definition) is 3. The summed E-state index contributed by atoms with van der Waals surface area (Å²) in [6.07, 6.45) is 0.678. The second-order valence-corrected chi connectivity index (χ2v) is 5.65. The fraction of sp³-hybridized carbons (Fsp3) is 0. The Hall–Kier alpha value is -3.19. The molecule has 3 rings (SSSR count). The third-order valence-corrected chi connectivity index (χ3v) is 3.72. The van der Waals surface area contributed by atoms with Crippen LogP contribution in [0.3, 0.4) is 0 Å². The summed E-state index contributed by atoms with van der Waals surface area (Å²) in [6, 6.07) is 16.2. The smallest absolute Gasteiger partial charge is 0.376 e. The largest absolute Gasteiger partial charge is 0.507 e. The van der Waals surface area contributed by atoms with Crippen molar-refractivity contribution in [1.82, 2.24) is 4.98 Å². The van der Waals surface area contributed by atoms with E-state index in [4.69, 9.17) is 10.8 Å². The average molecular weight is 342 g/mol. The molecule has 0 saturated carbocycles. The van der Waals surface area contributed by atoms with Gasteiger partial charge in [0.15, 0.2) is 5.13 Å². The van der Waals surface area contributed by atoms with Crippen molar-refractivity contribution in [3.8, 4) is 0 Å².